The molecule has 4 N–H and O–H groups in total. The van der Waals surface area contributed by atoms with E-state index < -0.39 is 0 Å². The van der Waals surface area contributed by atoms with E-state index in [9.17, 15) is 0 Å². The molecule has 0 aliphatic heterocycles. The standard InChI is InChI=1S/C16H21N5S/c1-11-10-18-16(17)20-15(11)19-13-7-4-8-14(9-13)22-21-12-5-2-3-6-12/h4,7-10,12,21H,2-3,5-6H2,1H3,(H3,17,18,19,20). The van der Waals surface area contributed by atoms with Crippen LogP contribution in [0.1, 0.15) is 31.2 Å². The molecule has 1 aliphatic rings. The van der Waals surface area contributed by atoms with E-state index in [0.717, 1.165) is 17.1 Å². The van der Waals surface area contributed by atoms with Crippen LogP contribution in [0.3, 0.4) is 0 Å². The first-order chi connectivity index (χ1) is 10.7. The molecule has 1 fully saturated rings. The Balaban J connectivity index is 1.66. The molecule has 6 heteroatoms. The second kappa shape index (κ2) is 6.98. The fourth-order valence-corrected chi connectivity index (χ4v) is 3.42. The van der Waals surface area contributed by atoms with Gasteiger partial charge in [0.15, 0.2) is 0 Å². The van der Waals surface area contributed by atoms with Gasteiger partial charge in [-0.25, -0.2) is 4.98 Å². The van der Waals surface area contributed by atoms with Crippen molar-refractivity contribution in [3.8, 4) is 0 Å². The molecule has 3 rings (SSSR count). The van der Waals surface area contributed by atoms with Crippen LogP contribution in [-0.4, -0.2) is 16.0 Å². The summed E-state index contributed by atoms with van der Waals surface area (Å²) in [5, 5.41) is 3.31. The average Bonchev–Trinajstić information content (AvgIpc) is 3.03. The number of nitrogens with zero attached hydrogens (tertiary/aromatic N) is 2. The van der Waals surface area contributed by atoms with Gasteiger partial charge in [-0.05, 0) is 49.9 Å². The SMILES string of the molecule is Cc1cnc(N)nc1Nc1cccc(SNC2CCCC2)c1. The molecule has 0 bridgehead atoms. The minimum atomic E-state index is 0.279. The molecule has 1 aromatic heterocycles. The van der Waals surface area contributed by atoms with Crippen molar-refractivity contribution in [1.82, 2.24) is 14.7 Å². The number of rotatable bonds is 5. The van der Waals surface area contributed by atoms with Gasteiger partial charge in [0.2, 0.25) is 5.95 Å². The molecular formula is C16H21N5S. The Kier molecular flexibility index (Phi) is 4.80. The van der Waals surface area contributed by atoms with Crippen molar-refractivity contribution in [3.63, 3.8) is 0 Å². The van der Waals surface area contributed by atoms with Crippen molar-refractivity contribution >= 4 is 29.4 Å². The number of aromatic nitrogens is 2. The van der Waals surface area contributed by atoms with E-state index in [4.69, 9.17) is 5.73 Å². The summed E-state index contributed by atoms with van der Waals surface area (Å²) in [7, 11) is 0. The van der Waals surface area contributed by atoms with Crippen molar-refractivity contribution in [2.75, 3.05) is 11.1 Å². The minimum Gasteiger partial charge on any atom is -0.368 e. The molecule has 116 valence electrons. The molecule has 0 saturated heterocycles. The van der Waals surface area contributed by atoms with Crippen molar-refractivity contribution in [1.29, 1.82) is 0 Å². The molecule has 1 heterocycles. The third-order valence-electron chi connectivity index (χ3n) is 3.79. The summed E-state index contributed by atoms with van der Waals surface area (Å²) in [6.07, 6.45) is 6.97. The number of aryl methyl sites for hydroxylation is 1. The lowest BCUT2D eigenvalue weighted by Crippen LogP contribution is -2.18. The van der Waals surface area contributed by atoms with E-state index in [0.29, 0.717) is 6.04 Å². The molecule has 5 nitrogen and oxygen atoms in total. The Morgan fingerprint density at radius 3 is 2.91 bits per heavy atom. The molecule has 1 aromatic carbocycles. The van der Waals surface area contributed by atoms with Gasteiger partial charge in [-0.3, -0.25) is 4.72 Å². The van der Waals surface area contributed by atoms with Crippen LogP contribution in [-0.2, 0) is 0 Å². The van der Waals surface area contributed by atoms with Gasteiger partial charge in [0.1, 0.15) is 5.82 Å². The number of nitrogens with two attached hydrogens (primary N) is 1. The molecule has 2 aromatic rings. The van der Waals surface area contributed by atoms with Crippen LogP contribution in [0.2, 0.25) is 0 Å². The van der Waals surface area contributed by atoms with E-state index in [1.807, 2.05) is 19.1 Å². The first-order valence-corrected chi connectivity index (χ1v) is 8.41. The van der Waals surface area contributed by atoms with E-state index in [1.165, 1.54) is 30.6 Å². The van der Waals surface area contributed by atoms with Gasteiger partial charge < -0.3 is 11.1 Å². The van der Waals surface area contributed by atoms with E-state index >= 15 is 0 Å². The molecule has 0 atom stereocenters. The summed E-state index contributed by atoms with van der Waals surface area (Å²) < 4.78 is 3.55. The lowest BCUT2D eigenvalue weighted by atomic mass is 10.3. The van der Waals surface area contributed by atoms with Gasteiger partial charge >= 0.3 is 0 Å². The number of anilines is 3. The average molecular weight is 315 g/mol. The van der Waals surface area contributed by atoms with Crippen LogP contribution in [0.15, 0.2) is 35.4 Å². The summed E-state index contributed by atoms with van der Waals surface area (Å²) in [5.74, 6) is 1.03. The predicted molar refractivity (Wildman–Crippen MR) is 92.2 cm³/mol. The fourth-order valence-electron chi connectivity index (χ4n) is 2.55. The Morgan fingerprint density at radius 2 is 2.09 bits per heavy atom. The Hall–Kier alpha value is -1.79. The zero-order valence-corrected chi connectivity index (χ0v) is 13.5. The second-order valence-electron chi connectivity index (χ2n) is 5.61. The largest absolute Gasteiger partial charge is 0.368 e. The molecular weight excluding hydrogens is 294 g/mol. The van der Waals surface area contributed by atoms with Crippen molar-refractivity contribution in [3.05, 3.63) is 36.0 Å². The van der Waals surface area contributed by atoms with E-state index in [2.05, 4.69) is 32.1 Å². The number of nitrogens with one attached hydrogen (secondary N) is 2. The first kappa shape index (κ1) is 15.1. The zero-order chi connectivity index (χ0) is 15.4. The molecule has 1 aliphatic carbocycles. The number of nitrogen functional groups attached to an aromatic ring is 1. The first-order valence-electron chi connectivity index (χ1n) is 7.59. The van der Waals surface area contributed by atoms with Crippen LogP contribution >= 0.6 is 11.9 Å². The monoisotopic (exact) mass is 315 g/mol. The summed E-state index contributed by atoms with van der Waals surface area (Å²) >= 11 is 1.70. The summed E-state index contributed by atoms with van der Waals surface area (Å²) in [4.78, 5) is 9.42. The highest BCUT2D eigenvalue weighted by molar-refractivity contribution is 7.97. The van der Waals surface area contributed by atoms with Gasteiger partial charge in [0.25, 0.3) is 0 Å². The Morgan fingerprint density at radius 1 is 1.27 bits per heavy atom. The predicted octanol–water partition coefficient (Wildman–Crippen LogP) is 3.65. The second-order valence-corrected chi connectivity index (χ2v) is 6.53. The maximum absolute atomic E-state index is 5.65. The highest BCUT2D eigenvalue weighted by Gasteiger charge is 2.14. The van der Waals surface area contributed by atoms with Crippen LogP contribution in [0.4, 0.5) is 17.5 Å². The maximum Gasteiger partial charge on any atom is 0.221 e. The molecule has 22 heavy (non-hydrogen) atoms. The quantitative estimate of drug-likeness (QED) is 0.731. The van der Waals surface area contributed by atoms with Gasteiger partial charge in [-0.2, -0.15) is 4.98 Å². The van der Waals surface area contributed by atoms with E-state index in [1.54, 1.807) is 18.1 Å². The van der Waals surface area contributed by atoms with Gasteiger partial charge in [0.05, 0.1) is 0 Å². The van der Waals surface area contributed by atoms with Crippen LogP contribution in [0.5, 0.6) is 0 Å². The lowest BCUT2D eigenvalue weighted by molar-refractivity contribution is 0.657. The van der Waals surface area contributed by atoms with Gasteiger partial charge in [-0.15, -0.1) is 0 Å². The van der Waals surface area contributed by atoms with E-state index in [-0.39, 0.29) is 5.95 Å². The molecule has 0 radical (unpaired) electrons. The van der Waals surface area contributed by atoms with Crippen molar-refractivity contribution in [2.45, 2.75) is 43.5 Å². The number of hydrogen-bond acceptors (Lipinski definition) is 6. The summed E-state index contributed by atoms with van der Waals surface area (Å²) in [6, 6.07) is 8.94. The molecule has 0 unspecified atom stereocenters. The van der Waals surface area contributed by atoms with Crippen LogP contribution in [0, 0.1) is 6.92 Å². The van der Waals surface area contributed by atoms with Gasteiger partial charge in [0, 0.05) is 28.4 Å². The van der Waals surface area contributed by atoms with Crippen LogP contribution in [0.25, 0.3) is 0 Å². The third-order valence-corrected chi connectivity index (χ3v) is 4.73. The molecule has 0 spiro atoms. The lowest BCUT2D eigenvalue weighted by Gasteiger charge is -2.12. The topological polar surface area (TPSA) is 75.9 Å². The third kappa shape index (κ3) is 3.90. The van der Waals surface area contributed by atoms with Crippen LogP contribution < -0.4 is 15.8 Å². The summed E-state index contributed by atoms with van der Waals surface area (Å²) in [5.41, 5.74) is 7.62. The fraction of sp³-hybridized carbons (Fsp3) is 0.375. The zero-order valence-electron chi connectivity index (χ0n) is 12.7. The highest BCUT2D eigenvalue weighted by atomic mass is 32.2. The van der Waals surface area contributed by atoms with Crippen molar-refractivity contribution < 1.29 is 0 Å². The normalized spacial score (nSPS) is 15.1. The highest BCUT2D eigenvalue weighted by Crippen LogP contribution is 2.26. The molecule has 1 saturated carbocycles. The van der Waals surface area contributed by atoms with Crippen molar-refractivity contribution in [2.24, 2.45) is 0 Å². The summed E-state index contributed by atoms with van der Waals surface area (Å²) in [6.45, 7) is 1.96. The Bertz CT molecular complexity index is 640. The van der Waals surface area contributed by atoms with Gasteiger partial charge in [-0.1, -0.05) is 18.9 Å². The molecule has 0 amide bonds. The number of hydrogen-bond donors (Lipinski definition) is 3. The Labute approximate surface area is 135 Å². The smallest absolute Gasteiger partial charge is 0.221 e. The minimum absolute atomic E-state index is 0.279. The maximum atomic E-state index is 5.65. The number of benzene rings is 1.